The number of rotatable bonds is 1. The van der Waals surface area contributed by atoms with Crippen molar-refractivity contribution in [3.8, 4) is 6.07 Å². The Balaban J connectivity index is 2.33. The molecular weight excluding hydrogens is 178 g/mol. The standard InChI is InChI=1S/C11H11NO2/c12-9-11(13-7-4-8-14-11)10-5-2-1-3-6-10/h1-3,5-6H,4,7-8H2. The van der Waals surface area contributed by atoms with E-state index in [-0.39, 0.29) is 0 Å². The molecule has 1 heterocycles. The fraction of sp³-hybridized carbons (Fsp3) is 0.364. The van der Waals surface area contributed by atoms with Crippen molar-refractivity contribution in [3.05, 3.63) is 35.9 Å². The molecule has 0 N–H and O–H groups in total. The molecule has 3 nitrogen and oxygen atoms in total. The van der Waals surface area contributed by atoms with Crippen molar-refractivity contribution in [3.63, 3.8) is 0 Å². The third-order valence-corrected chi connectivity index (χ3v) is 2.20. The minimum absolute atomic E-state index is 0.572. The van der Waals surface area contributed by atoms with Crippen LogP contribution in [0.5, 0.6) is 0 Å². The summed E-state index contributed by atoms with van der Waals surface area (Å²) in [5, 5.41) is 9.09. The lowest BCUT2D eigenvalue weighted by molar-refractivity contribution is -0.239. The van der Waals surface area contributed by atoms with Crippen LogP contribution in [0.4, 0.5) is 0 Å². The molecule has 0 saturated carbocycles. The molecule has 1 aliphatic rings. The van der Waals surface area contributed by atoms with Crippen molar-refractivity contribution in [2.75, 3.05) is 13.2 Å². The Kier molecular flexibility index (Phi) is 2.49. The predicted octanol–water partition coefficient (Wildman–Crippen LogP) is 1.80. The highest BCUT2D eigenvalue weighted by Gasteiger charge is 2.36. The van der Waals surface area contributed by atoms with Gasteiger partial charge >= 0.3 is 0 Å². The minimum Gasteiger partial charge on any atom is -0.334 e. The maximum absolute atomic E-state index is 9.09. The summed E-state index contributed by atoms with van der Waals surface area (Å²) in [7, 11) is 0. The molecule has 14 heavy (non-hydrogen) atoms. The summed E-state index contributed by atoms with van der Waals surface area (Å²) >= 11 is 0. The van der Waals surface area contributed by atoms with E-state index in [0.29, 0.717) is 13.2 Å². The SMILES string of the molecule is N#CC1(c2ccccc2)OCCCO1. The number of nitrogens with zero attached hydrogens (tertiary/aromatic N) is 1. The number of nitriles is 1. The molecule has 1 aromatic carbocycles. The molecule has 0 bridgehead atoms. The van der Waals surface area contributed by atoms with Crippen molar-refractivity contribution in [1.29, 1.82) is 5.26 Å². The zero-order valence-corrected chi connectivity index (χ0v) is 7.77. The normalized spacial score (nSPS) is 19.9. The van der Waals surface area contributed by atoms with E-state index in [1.54, 1.807) is 0 Å². The highest BCUT2D eigenvalue weighted by atomic mass is 16.7. The summed E-state index contributed by atoms with van der Waals surface area (Å²) in [4.78, 5) is 0. The van der Waals surface area contributed by atoms with E-state index < -0.39 is 5.79 Å². The van der Waals surface area contributed by atoms with Crippen LogP contribution in [0.25, 0.3) is 0 Å². The van der Waals surface area contributed by atoms with Crippen LogP contribution in [0, 0.1) is 11.3 Å². The molecule has 0 atom stereocenters. The molecule has 2 rings (SSSR count). The topological polar surface area (TPSA) is 42.2 Å². The van der Waals surface area contributed by atoms with Crippen LogP contribution >= 0.6 is 0 Å². The van der Waals surface area contributed by atoms with Crippen LogP contribution in [0.15, 0.2) is 30.3 Å². The van der Waals surface area contributed by atoms with Crippen LogP contribution in [0.2, 0.25) is 0 Å². The van der Waals surface area contributed by atoms with Gasteiger partial charge in [-0.2, -0.15) is 5.26 Å². The van der Waals surface area contributed by atoms with E-state index in [0.717, 1.165) is 12.0 Å². The fourth-order valence-electron chi connectivity index (χ4n) is 1.49. The lowest BCUT2D eigenvalue weighted by Gasteiger charge is -2.31. The third-order valence-electron chi connectivity index (χ3n) is 2.20. The molecule has 1 fully saturated rings. The highest BCUT2D eigenvalue weighted by molar-refractivity contribution is 5.26. The Morgan fingerprint density at radius 2 is 1.79 bits per heavy atom. The monoisotopic (exact) mass is 189 g/mol. The summed E-state index contributed by atoms with van der Waals surface area (Å²) in [5.41, 5.74) is 0.766. The summed E-state index contributed by atoms with van der Waals surface area (Å²) in [6.45, 7) is 1.14. The van der Waals surface area contributed by atoms with Gasteiger partial charge < -0.3 is 9.47 Å². The van der Waals surface area contributed by atoms with Crippen molar-refractivity contribution in [1.82, 2.24) is 0 Å². The van der Waals surface area contributed by atoms with Crippen LogP contribution in [-0.4, -0.2) is 13.2 Å². The van der Waals surface area contributed by atoms with Crippen LogP contribution < -0.4 is 0 Å². The van der Waals surface area contributed by atoms with Gasteiger partial charge in [-0.25, -0.2) is 0 Å². The van der Waals surface area contributed by atoms with Gasteiger partial charge in [0.2, 0.25) is 0 Å². The number of hydrogen-bond acceptors (Lipinski definition) is 3. The van der Waals surface area contributed by atoms with Crippen LogP contribution in [-0.2, 0) is 15.3 Å². The molecule has 0 amide bonds. The first-order valence-electron chi connectivity index (χ1n) is 4.62. The van der Waals surface area contributed by atoms with Gasteiger partial charge in [-0.3, -0.25) is 0 Å². The second kappa shape index (κ2) is 3.79. The van der Waals surface area contributed by atoms with E-state index in [4.69, 9.17) is 14.7 Å². The van der Waals surface area contributed by atoms with E-state index in [9.17, 15) is 0 Å². The van der Waals surface area contributed by atoms with Crippen molar-refractivity contribution in [2.45, 2.75) is 12.2 Å². The maximum atomic E-state index is 9.09. The lowest BCUT2D eigenvalue weighted by Crippen LogP contribution is -2.36. The van der Waals surface area contributed by atoms with Gasteiger partial charge in [0.15, 0.2) is 0 Å². The molecule has 1 saturated heterocycles. The fourth-order valence-corrected chi connectivity index (χ4v) is 1.49. The average Bonchev–Trinajstić information content (AvgIpc) is 2.31. The number of hydrogen-bond donors (Lipinski definition) is 0. The highest BCUT2D eigenvalue weighted by Crippen LogP contribution is 2.29. The first-order valence-corrected chi connectivity index (χ1v) is 4.62. The van der Waals surface area contributed by atoms with E-state index >= 15 is 0 Å². The molecule has 1 aromatic rings. The molecule has 0 radical (unpaired) electrons. The van der Waals surface area contributed by atoms with Crippen molar-refractivity contribution >= 4 is 0 Å². The third kappa shape index (κ3) is 1.50. The molecule has 72 valence electrons. The quantitative estimate of drug-likeness (QED) is 0.676. The Labute approximate surface area is 82.9 Å². The smallest absolute Gasteiger partial charge is 0.286 e. The predicted molar refractivity (Wildman–Crippen MR) is 50.3 cm³/mol. The van der Waals surface area contributed by atoms with Gasteiger partial charge in [0.05, 0.1) is 13.2 Å². The van der Waals surface area contributed by atoms with E-state index in [1.807, 2.05) is 30.3 Å². The average molecular weight is 189 g/mol. The van der Waals surface area contributed by atoms with Gasteiger partial charge in [0.1, 0.15) is 6.07 Å². The zero-order valence-electron chi connectivity index (χ0n) is 7.77. The summed E-state index contributed by atoms with van der Waals surface area (Å²) in [6, 6.07) is 11.4. The number of benzene rings is 1. The molecule has 1 aliphatic heterocycles. The van der Waals surface area contributed by atoms with Gasteiger partial charge in [-0.1, -0.05) is 30.3 Å². The van der Waals surface area contributed by atoms with E-state index in [1.165, 1.54) is 0 Å². The Morgan fingerprint density at radius 1 is 1.14 bits per heavy atom. The minimum atomic E-state index is -1.18. The van der Waals surface area contributed by atoms with E-state index in [2.05, 4.69) is 6.07 Å². The summed E-state index contributed by atoms with van der Waals surface area (Å²) in [5.74, 6) is -1.18. The van der Waals surface area contributed by atoms with Crippen LogP contribution in [0.1, 0.15) is 12.0 Å². The van der Waals surface area contributed by atoms with Crippen molar-refractivity contribution in [2.24, 2.45) is 0 Å². The first kappa shape index (κ1) is 9.20. The Hall–Kier alpha value is -1.37. The summed E-state index contributed by atoms with van der Waals surface area (Å²) in [6.07, 6.45) is 0.844. The maximum Gasteiger partial charge on any atom is 0.286 e. The van der Waals surface area contributed by atoms with Crippen molar-refractivity contribution < 1.29 is 9.47 Å². The van der Waals surface area contributed by atoms with Gasteiger partial charge in [0.25, 0.3) is 5.79 Å². The van der Waals surface area contributed by atoms with Gasteiger partial charge in [0, 0.05) is 5.56 Å². The molecular formula is C11H11NO2. The van der Waals surface area contributed by atoms with Gasteiger partial charge in [-0.05, 0) is 6.42 Å². The second-order valence-electron chi connectivity index (χ2n) is 3.14. The lowest BCUT2D eigenvalue weighted by atomic mass is 10.1. The molecule has 0 unspecified atom stereocenters. The second-order valence-corrected chi connectivity index (χ2v) is 3.14. The molecule has 0 spiro atoms. The van der Waals surface area contributed by atoms with Crippen LogP contribution in [0.3, 0.4) is 0 Å². The molecule has 3 heteroatoms. The Morgan fingerprint density at radius 3 is 2.36 bits per heavy atom. The molecule has 0 aromatic heterocycles. The first-order chi connectivity index (χ1) is 6.87. The Bertz CT molecular complexity index is 336. The van der Waals surface area contributed by atoms with Gasteiger partial charge in [-0.15, -0.1) is 0 Å². The number of ether oxygens (including phenoxy) is 2. The largest absolute Gasteiger partial charge is 0.334 e. The zero-order chi connectivity index (χ0) is 9.86. The summed E-state index contributed by atoms with van der Waals surface area (Å²) < 4.78 is 10.8. The molecule has 0 aliphatic carbocycles.